The topological polar surface area (TPSA) is 71.2 Å². The second-order valence-electron chi connectivity index (χ2n) is 6.74. The highest BCUT2D eigenvalue weighted by atomic mass is 35.5. The van der Waals surface area contributed by atoms with Gasteiger partial charge in [-0.1, -0.05) is 29.5 Å². The van der Waals surface area contributed by atoms with Gasteiger partial charge in [0.05, 0.1) is 11.4 Å². The first-order valence-electron chi connectivity index (χ1n) is 8.76. The fourth-order valence-electron chi connectivity index (χ4n) is 3.58. The Balaban J connectivity index is 0.00000150. The van der Waals surface area contributed by atoms with Crippen molar-refractivity contribution in [1.82, 2.24) is 19.9 Å². The lowest BCUT2D eigenvalue weighted by molar-refractivity contribution is 0.0689. The predicted octanol–water partition coefficient (Wildman–Crippen LogP) is 3.81. The van der Waals surface area contributed by atoms with Crippen LogP contribution in [0.1, 0.15) is 32.9 Å². The fraction of sp³-hybridized carbons (Fsp3) is 0.250. The van der Waals surface area contributed by atoms with Crippen molar-refractivity contribution in [2.75, 3.05) is 6.54 Å². The Labute approximate surface area is 180 Å². The smallest absolute Gasteiger partial charge is 0.358 e. The molecule has 0 radical (unpaired) electrons. The summed E-state index contributed by atoms with van der Waals surface area (Å²) in [4.78, 5) is 13.6. The zero-order valence-electron chi connectivity index (χ0n) is 15.7. The summed E-state index contributed by atoms with van der Waals surface area (Å²) in [5.74, 6) is -1.30. The van der Waals surface area contributed by atoms with Crippen molar-refractivity contribution < 1.29 is 14.3 Å². The molecule has 0 fully saturated rings. The zero-order chi connectivity index (χ0) is 19.0. The van der Waals surface area contributed by atoms with E-state index >= 15 is 0 Å². The van der Waals surface area contributed by atoms with Gasteiger partial charge in [0.15, 0.2) is 5.69 Å². The van der Waals surface area contributed by atoms with Gasteiger partial charge in [-0.15, -0.1) is 29.9 Å². The summed E-state index contributed by atoms with van der Waals surface area (Å²) in [5, 5.41) is 17.0. The van der Waals surface area contributed by atoms with Gasteiger partial charge in [-0.05, 0) is 48.2 Å². The van der Waals surface area contributed by atoms with Crippen LogP contribution in [0.5, 0.6) is 0 Å². The van der Waals surface area contributed by atoms with Crippen molar-refractivity contribution in [2.45, 2.75) is 26.4 Å². The standard InChI is InChI=1S/C20H19FN4O2.2ClH/c1-13-19(20(26)27)22-23-25(13)18-4-2-3-15-12-24(10-9-17(15)18)11-14-5-7-16(21)8-6-14;;/h2-8H,9-12H2,1H3,(H,26,27);2*1H. The highest BCUT2D eigenvalue weighted by Gasteiger charge is 2.22. The lowest BCUT2D eigenvalue weighted by atomic mass is 9.97. The average Bonchev–Trinajstić information content (AvgIpc) is 3.04. The van der Waals surface area contributed by atoms with Crippen LogP contribution in [0.2, 0.25) is 0 Å². The number of nitrogens with zero attached hydrogens (tertiary/aromatic N) is 4. The van der Waals surface area contributed by atoms with Crippen LogP contribution in [0, 0.1) is 12.7 Å². The van der Waals surface area contributed by atoms with Crippen molar-refractivity contribution >= 4 is 30.8 Å². The van der Waals surface area contributed by atoms with Gasteiger partial charge in [0.25, 0.3) is 0 Å². The lowest BCUT2D eigenvalue weighted by Crippen LogP contribution is -2.30. The molecule has 0 saturated carbocycles. The van der Waals surface area contributed by atoms with Gasteiger partial charge in [0.2, 0.25) is 0 Å². The first kappa shape index (κ1) is 22.8. The predicted molar refractivity (Wildman–Crippen MR) is 112 cm³/mol. The maximum Gasteiger partial charge on any atom is 0.358 e. The molecule has 2 aromatic carbocycles. The third kappa shape index (κ3) is 4.58. The third-order valence-corrected chi connectivity index (χ3v) is 4.97. The van der Waals surface area contributed by atoms with E-state index in [0.717, 1.165) is 42.9 Å². The van der Waals surface area contributed by atoms with Crippen LogP contribution in [0.4, 0.5) is 4.39 Å². The largest absolute Gasteiger partial charge is 0.476 e. The van der Waals surface area contributed by atoms with E-state index in [1.54, 1.807) is 11.6 Å². The van der Waals surface area contributed by atoms with Crippen LogP contribution < -0.4 is 0 Å². The van der Waals surface area contributed by atoms with Gasteiger partial charge in [-0.25, -0.2) is 13.9 Å². The van der Waals surface area contributed by atoms with E-state index in [1.165, 1.54) is 17.7 Å². The van der Waals surface area contributed by atoms with Gasteiger partial charge >= 0.3 is 5.97 Å². The summed E-state index contributed by atoms with van der Waals surface area (Å²) < 4.78 is 14.7. The van der Waals surface area contributed by atoms with Gasteiger partial charge < -0.3 is 5.11 Å². The maximum atomic E-state index is 13.1. The SMILES string of the molecule is Cc1c(C(=O)O)nnn1-c1cccc2c1CCN(Cc1ccc(F)cc1)C2.Cl.Cl. The molecule has 1 aliphatic rings. The van der Waals surface area contributed by atoms with Crippen molar-refractivity contribution in [3.8, 4) is 5.69 Å². The Kier molecular flexibility index (Phi) is 7.35. The van der Waals surface area contributed by atoms with Crippen molar-refractivity contribution in [3.63, 3.8) is 0 Å². The van der Waals surface area contributed by atoms with Crippen molar-refractivity contribution in [2.24, 2.45) is 0 Å². The maximum absolute atomic E-state index is 13.1. The number of fused-ring (bicyclic) bond motifs is 1. The quantitative estimate of drug-likeness (QED) is 0.670. The van der Waals surface area contributed by atoms with Crippen LogP contribution in [-0.4, -0.2) is 37.5 Å². The Bertz CT molecular complexity index is 1010. The number of benzene rings is 2. The molecule has 0 unspecified atom stereocenters. The number of carboxylic acid groups (broad SMARTS) is 1. The number of hydrogen-bond acceptors (Lipinski definition) is 4. The number of halogens is 3. The van der Waals surface area contributed by atoms with E-state index in [0.29, 0.717) is 5.69 Å². The fourth-order valence-corrected chi connectivity index (χ4v) is 3.58. The Hall–Kier alpha value is -2.48. The minimum Gasteiger partial charge on any atom is -0.476 e. The Morgan fingerprint density at radius 1 is 1.17 bits per heavy atom. The number of carboxylic acids is 1. The number of carbonyl (C=O) groups is 1. The first-order chi connectivity index (χ1) is 13.0. The third-order valence-electron chi connectivity index (χ3n) is 4.97. The number of aromatic carboxylic acids is 1. The summed E-state index contributed by atoms with van der Waals surface area (Å²) in [7, 11) is 0. The molecule has 1 aromatic heterocycles. The molecule has 1 N–H and O–H groups in total. The van der Waals surface area contributed by atoms with Gasteiger partial charge in [-0.3, -0.25) is 4.90 Å². The Morgan fingerprint density at radius 2 is 1.90 bits per heavy atom. The van der Waals surface area contributed by atoms with Gasteiger partial charge in [0.1, 0.15) is 5.82 Å². The average molecular weight is 439 g/mol. The van der Waals surface area contributed by atoms with Gasteiger partial charge in [0, 0.05) is 19.6 Å². The molecule has 29 heavy (non-hydrogen) atoms. The van der Waals surface area contributed by atoms with E-state index in [2.05, 4.69) is 21.3 Å². The molecule has 0 amide bonds. The highest BCUT2D eigenvalue weighted by molar-refractivity contribution is 5.86. The summed E-state index contributed by atoms with van der Waals surface area (Å²) in [6, 6.07) is 12.6. The molecule has 0 saturated heterocycles. The molecule has 1 aliphatic heterocycles. The highest BCUT2D eigenvalue weighted by Crippen LogP contribution is 2.27. The summed E-state index contributed by atoms with van der Waals surface area (Å²) in [6.45, 7) is 4.11. The number of aromatic nitrogens is 3. The Morgan fingerprint density at radius 3 is 2.55 bits per heavy atom. The molecule has 0 aliphatic carbocycles. The summed E-state index contributed by atoms with van der Waals surface area (Å²) in [6.07, 6.45) is 0.828. The van der Waals surface area contributed by atoms with E-state index in [1.807, 2.05) is 24.3 Å². The molecule has 6 nitrogen and oxygen atoms in total. The second kappa shape index (κ2) is 9.35. The normalized spacial score (nSPS) is 13.2. The lowest BCUT2D eigenvalue weighted by Gasteiger charge is -2.30. The minimum absolute atomic E-state index is 0. The first-order valence-corrected chi connectivity index (χ1v) is 8.76. The van der Waals surface area contributed by atoms with Crippen molar-refractivity contribution in [1.29, 1.82) is 0 Å². The number of hydrogen-bond donors (Lipinski definition) is 1. The van der Waals surface area contributed by atoms with Crippen LogP contribution in [0.15, 0.2) is 42.5 Å². The van der Waals surface area contributed by atoms with Crippen LogP contribution in [-0.2, 0) is 19.5 Å². The van der Waals surface area contributed by atoms with E-state index < -0.39 is 5.97 Å². The zero-order valence-corrected chi connectivity index (χ0v) is 17.3. The van der Waals surface area contributed by atoms with E-state index in [4.69, 9.17) is 0 Å². The molecule has 0 spiro atoms. The molecule has 3 aromatic rings. The van der Waals surface area contributed by atoms with E-state index in [9.17, 15) is 14.3 Å². The molecule has 9 heteroatoms. The van der Waals surface area contributed by atoms with E-state index in [-0.39, 0.29) is 36.3 Å². The summed E-state index contributed by atoms with van der Waals surface area (Å²) >= 11 is 0. The monoisotopic (exact) mass is 438 g/mol. The molecule has 0 atom stereocenters. The molecule has 2 heterocycles. The molecular weight excluding hydrogens is 418 g/mol. The van der Waals surface area contributed by atoms with Crippen LogP contribution in [0.25, 0.3) is 5.69 Å². The van der Waals surface area contributed by atoms with Crippen molar-refractivity contribution in [3.05, 3.63) is 76.4 Å². The molecular formula is C20H21Cl2FN4O2. The summed E-state index contributed by atoms with van der Waals surface area (Å²) in [5.41, 5.74) is 4.80. The molecule has 4 rings (SSSR count). The van der Waals surface area contributed by atoms with Crippen LogP contribution in [0.3, 0.4) is 0 Å². The number of rotatable bonds is 4. The minimum atomic E-state index is -1.07. The van der Waals surface area contributed by atoms with Gasteiger partial charge in [-0.2, -0.15) is 0 Å². The van der Waals surface area contributed by atoms with Crippen LogP contribution >= 0.6 is 24.8 Å². The molecule has 0 bridgehead atoms. The molecule has 154 valence electrons. The second-order valence-corrected chi connectivity index (χ2v) is 6.74.